The second kappa shape index (κ2) is 9.59. The first-order valence-corrected chi connectivity index (χ1v) is 9.24. The monoisotopic (exact) mass is 361 g/mol. The molecule has 2 aromatic rings. The molecule has 0 saturated heterocycles. The van der Waals surface area contributed by atoms with E-state index in [0.717, 1.165) is 11.3 Å². The Hall–Kier alpha value is -3.06. The van der Waals surface area contributed by atoms with Crippen LogP contribution in [0.3, 0.4) is 0 Å². The van der Waals surface area contributed by atoms with Gasteiger partial charge in [0.25, 0.3) is 5.91 Å². The maximum atomic E-state index is 12.9. The van der Waals surface area contributed by atoms with Crippen LogP contribution in [0.1, 0.15) is 44.7 Å². The van der Waals surface area contributed by atoms with E-state index < -0.39 is 0 Å². The number of anilines is 1. The minimum absolute atomic E-state index is 0.0141. The third kappa shape index (κ3) is 5.72. The van der Waals surface area contributed by atoms with Gasteiger partial charge in [0.15, 0.2) is 0 Å². The molecule has 0 aliphatic carbocycles. The highest BCUT2D eigenvalue weighted by Gasteiger charge is 2.21. The number of hydrogen-bond donors (Lipinski definition) is 1. The number of hydrogen-bond acceptors (Lipinski definition) is 3. The Labute approximate surface area is 162 Å². The van der Waals surface area contributed by atoms with E-state index in [1.165, 1.54) is 11.8 Å². The van der Waals surface area contributed by atoms with E-state index in [1.807, 2.05) is 74.5 Å². The predicted molar refractivity (Wildman–Crippen MR) is 110 cm³/mol. The Morgan fingerprint density at radius 3 is 2.22 bits per heavy atom. The molecule has 1 amide bonds. The van der Waals surface area contributed by atoms with Gasteiger partial charge >= 0.3 is 0 Å². The summed E-state index contributed by atoms with van der Waals surface area (Å²) in [4.78, 5) is 14.6. The number of nitriles is 1. The molecule has 27 heavy (non-hydrogen) atoms. The van der Waals surface area contributed by atoms with Crippen LogP contribution in [0.15, 0.2) is 66.4 Å². The molecule has 0 fully saturated rings. The molecule has 0 aliphatic rings. The molecule has 0 saturated carbocycles. The van der Waals surface area contributed by atoms with Gasteiger partial charge in [-0.1, -0.05) is 56.3 Å². The fourth-order valence-electron chi connectivity index (χ4n) is 2.69. The van der Waals surface area contributed by atoms with Crippen molar-refractivity contribution in [3.05, 3.63) is 77.5 Å². The summed E-state index contributed by atoms with van der Waals surface area (Å²) in [5, 5.41) is 12.6. The van der Waals surface area contributed by atoms with E-state index in [2.05, 4.69) is 19.2 Å². The van der Waals surface area contributed by atoms with Gasteiger partial charge < -0.3 is 10.2 Å². The van der Waals surface area contributed by atoms with Crippen molar-refractivity contribution in [3.8, 4) is 6.07 Å². The fraction of sp³-hybridized carbons (Fsp3) is 0.304. The second-order valence-corrected chi connectivity index (χ2v) is 7.10. The van der Waals surface area contributed by atoms with Crippen molar-refractivity contribution in [2.45, 2.75) is 46.2 Å². The summed E-state index contributed by atoms with van der Waals surface area (Å²) in [6.07, 6.45) is 1.49. The van der Waals surface area contributed by atoms with Crippen molar-refractivity contribution in [2.24, 2.45) is 0 Å². The molecule has 0 unspecified atom stereocenters. The molecular weight excluding hydrogens is 334 g/mol. The molecule has 0 aromatic heterocycles. The lowest BCUT2D eigenvalue weighted by Gasteiger charge is -2.26. The van der Waals surface area contributed by atoms with Gasteiger partial charge in [0.05, 0.1) is 0 Å². The van der Waals surface area contributed by atoms with Gasteiger partial charge in [-0.05, 0) is 43.0 Å². The molecule has 4 nitrogen and oxygen atoms in total. The molecule has 2 rings (SSSR count). The number of carbonyl (C=O) groups excluding carboxylic acids is 1. The maximum Gasteiger partial charge on any atom is 0.266 e. The standard InChI is InChI=1S/C23H27N3O/c1-17(2)20-10-12-22(13-11-20)25-15-21(14-24)23(27)26(18(3)4)16-19-8-6-5-7-9-19/h5-13,15,17-18,25H,16H2,1-4H3/b21-15-. The van der Waals surface area contributed by atoms with Gasteiger partial charge in [-0.15, -0.1) is 0 Å². The third-order valence-corrected chi connectivity index (χ3v) is 4.39. The Bertz CT molecular complexity index is 815. The van der Waals surface area contributed by atoms with E-state index >= 15 is 0 Å². The van der Waals surface area contributed by atoms with Crippen LogP contribution in [0, 0.1) is 11.3 Å². The molecule has 0 radical (unpaired) electrons. The third-order valence-electron chi connectivity index (χ3n) is 4.39. The van der Waals surface area contributed by atoms with Gasteiger partial charge in [0.2, 0.25) is 0 Å². The summed E-state index contributed by atoms with van der Waals surface area (Å²) < 4.78 is 0. The van der Waals surface area contributed by atoms with Crippen LogP contribution >= 0.6 is 0 Å². The van der Waals surface area contributed by atoms with Crippen LogP contribution < -0.4 is 5.32 Å². The number of benzene rings is 2. The lowest BCUT2D eigenvalue weighted by Crippen LogP contribution is -2.37. The summed E-state index contributed by atoms with van der Waals surface area (Å²) in [7, 11) is 0. The van der Waals surface area contributed by atoms with Gasteiger partial charge in [-0.2, -0.15) is 5.26 Å². The lowest BCUT2D eigenvalue weighted by atomic mass is 10.0. The molecule has 0 atom stereocenters. The molecule has 0 bridgehead atoms. The quantitative estimate of drug-likeness (QED) is 0.553. The minimum Gasteiger partial charge on any atom is -0.360 e. The average molecular weight is 361 g/mol. The summed E-state index contributed by atoms with van der Waals surface area (Å²) in [6.45, 7) is 8.66. The topological polar surface area (TPSA) is 56.1 Å². The Morgan fingerprint density at radius 1 is 1.07 bits per heavy atom. The predicted octanol–water partition coefficient (Wildman–Crippen LogP) is 5.07. The van der Waals surface area contributed by atoms with E-state index in [-0.39, 0.29) is 17.5 Å². The maximum absolute atomic E-state index is 12.9. The fourth-order valence-corrected chi connectivity index (χ4v) is 2.69. The molecule has 0 aliphatic heterocycles. The zero-order chi connectivity index (χ0) is 19.8. The summed E-state index contributed by atoms with van der Waals surface area (Å²) in [6, 6.07) is 19.8. The van der Waals surface area contributed by atoms with Crippen LogP contribution in [0.25, 0.3) is 0 Å². The van der Waals surface area contributed by atoms with E-state index in [4.69, 9.17) is 0 Å². The SMILES string of the molecule is CC(C)c1ccc(N/C=C(/C#N)C(=O)N(Cc2ccccc2)C(C)C)cc1. The number of carbonyl (C=O) groups is 1. The van der Waals surface area contributed by atoms with Gasteiger partial charge in [0.1, 0.15) is 11.6 Å². The van der Waals surface area contributed by atoms with Gasteiger partial charge in [0, 0.05) is 24.5 Å². The largest absolute Gasteiger partial charge is 0.360 e. The number of nitrogens with one attached hydrogen (secondary N) is 1. The van der Waals surface area contributed by atoms with Gasteiger partial charge in [-0.3, -0.25) is 4.79 Å². The lowest BCUT2D eigenvalue weighted by molar-refractivity contribution is -0.129. The summed E-state index contributed by atoms with van der Waals surface area (Å²) in [5.74, 6) is 0.186. The number of nitrogens with zero attached hydrogens (tertiary/aromatic N) is 2. The zero-order valence-electron chi connectivity index (χ0n) is 16.4. The van der Waals surface area contributed by atoms with Gasteiger partial charge in [-0.25, -0.2) is 0 Å². The van der Waals surface area contributed by atoms with E-state index in [1.54, 1.807) is 4.90 Å². The smallest absolute Gasteiger partial charge is 0.266 e. The molecule has 1 N–H and O–H groups in total. The Morgan fingerprint density at radius 2 is 1.70 bits per heavy atom. The van der Waals surface area contributed by atoms with Crippen LogP contribution in [0.2, 0.25) is 0 Å². The second-order valence-electron chi connectivity index (χ2n) is 7.10. The molecule has 4 heteroatoms. The van der Waals surface area contributed by atoms with Crippen LogP contribution in [-0.4, -0.2) is 16.8 Å². The van der Waals surface area contributed by atoms with Crippen molar-refractivity contribution in [1.82, 2.24) is 4.90 Å². The minimum atomic E-state index is -0.275. The highest BCUT2D eigenvalue weighted by molar-refractivity contribution is 5.97. The summed E-state index contributed by atoms with van der Waals surface area (Å²) in [5.41, 5.74) is 3.22. The number of rotatable bonds is 7. The highest BCUT2D eigenvalue weighted by atomic mass is 16.2. The van der Waals surface area contributed by atoms with Crippen molar-refractivity contribution >= 4 is 11.6 Å². The first-order valence-electron chi connectivity index (χ1n) is 9.24. The Balaban J connectivity index is 2.14. The van der Waals surface area contributed by atoms with Crippen molar-refractivity contribution in [1.29, 1.82) is 5.26 Å². The summed E-state index contributed by atoms with van der Waals surface area (Å²) >= 11 is 0. The highest BCUT2D eigenvalue weighted by Crippen LogP contribution is 2.18. The number of amides is 1. The van der Waals surface area contributed by atoms with Crippen molar-refractivity contribution in [3.63, 3.8) is 0 Å². The van der Waals surface area contributed by atoms with Crippen molar-refractivity contribution < 1.29 is 4.79 Å². The molecular formula is C23H27N3O. The van der Waals surface area contributed by atoms with Crippen LogP contribution in [0.5, 0.6) is 0 Å². The molecule has 0 heterocycles. The normalized spacial score (nSPS) is 11.4. The van der Waals surface area contributed by atoms with E-state index in [9.17, 15) is 10.1 Å². The first kappa shape index (κ1) is 20.3. The van der Waals surface area contributed by atoms with E-state index in [0.29, 0.717) is 12.5 Å². The van der Waals surface area contributed by atoms with Crippen molar-refractivity contribution in [2.75, 3.05) is 5.32 Å². The first-order chi connectivity index (χ1) is 12.9. The molecule has 0 spiro atoms. The van der Waals surface area contributed by atoms with Crippen LogP contribution in [-0.2, 0) is 11.3 Å². The molecule has 2 aromatic carbocycles. The average Bonchev–Trinajstić information content (AvgIpc) is 2.67. The molecule has 140 valence electrons. The Kier molecular flexibility index (Phi) is 7.19. The zero-order valence-corrected chi connectivity index (χ0v) is 16.4. The van der Waals surface area contributed by atoms with Crippen LogP contribution in [0.4, 0.5) is 5.69 Å².